The number of rotatable bonds is 6. The summed E-state index contributed by atoms with van der Waals surface area (Å²) in [4.78, 5) is 22.7. The van der Waals surface area contributed by atoms with Crippen molar-refractivity contribution >= 4 is 17.7 Å². The van der Waals surface area contributed by atoms with Crippen molar-refractivity contribution in [1.29, 1.82) is 0 Å². The second-order valence-corrected chi connectivity index (χ2v) is 5.53. The maximum Gasteiger partial charge on any atom is 0.344 e. The number of hydrogen-bond donors (Lipinski definition) is 3. The van der Waals surface area contributed by atoms with Crippen LogP contribution in [0.25, 0.3) is 0 Å². The first-order valence-electron chi connectivity index (χ1n) is 5.70. The monoisotopic (exact) mass is 272 g/mol. The van der Waals surface area contributed by atoms with Gasteiger partial charge in [0, 0.05) is 11.8 Å². The van der Waals surface area contributed by atoms with Gasteiger partial charge in [-0.05, 0) is 26.8 Å². The lowest BCUT2D eigenvalue weighted by atomic mass is 10.1. The van der Waals surface area contributed by atoms with Gasteiger partial charge >= 0.3 is 11.7 Å². The van der Waals surface area contributed by atoms with Crippen molar-refractivity contribution in [2.75, 3.05) is 12.8 Å². The van der Waals surface area contributed by atoms with Gasteiger partial charge in [-0.1, -0.05) is 11.8 Å². The van der Waals surface area contributed by atoms with E-state index in [1.165, 1.54) is 11.8 Å². The summed E-state index contributed by atoms with van der Waals surface area (Å²) in [6.07, 6.45) is 1.96. The molecule has 1 aliphatic carbocycles. The van der Waals surface area contributed by atoms with Gasteiger partial charge in [-0.15, -0.1) is 5.10 Å². The molecule has 0 aliphatic heterocycles. The number of hydrogen-bond acceptors (Lipinski definition) is 5. The van der Waals surface area contributed by atoms with E-state index in [0.29, 0.717) is 10.9 Å². The van der Waals surface area contributed by atoms with Crippen molar-refractivity contribution in [2.45, 2.75) is 36.5 Å². The van der Waals surface area contributed by atoms with Gasteiger partial charge in [0.25, 0.3) is 0 Å². The van der Waals surface area contributed by atoms with Crippen LogP contribution in [0.15, 0.2) is 9.95 Å². The van der Waals surface area contributed by atoms with Gasteiger partial charge in [0.2, 0.25) is 0 Å². The maximum absolute atomic E-state index is 11.5. The Morgan fingerprint density at radius 2 is 2.39 bits per heavy atom. The quantitative estimate of drug-likeness (QED) is 0.633. The van der Waals surface area contributed by atoms with Crippen molar-refractivity contribution in [1.82, 2.24) is 20.1 Å². The van der Waals surface area contributed by atoms with Crippen molar-refractivity contribution in [2.24, 2.45) is 0 Å². The molecule has 1 fully saturated rings. The lowest BCUT2D eigenvalue weighted by Gasteiger charge is -2.23. The van der Waals surface area contributed by atoms with Gasteiger partial charge in [-0.25, -0.2) is 9.89 Å². The minimum Gasteiger partial charge on any atom is -0.480 e. The van der Waals surface area contributed by atoms with Crippen LogP contribution >= 0.6 is 11.8 Å². The average molecular weight is 272 g/mol. The first-order valence-corrected chi connectivity index (χ1v) is 6.68. The predicted octanol–water partition coefficient (Wildman–Crippen LogP) is 0.0611. The average Bonchev–Trinajstić information content (AvgIpc) is 3.10. The molecular formula is C10H16N4O3S. The Balaban J connectivity index is 2.11. The number of aromatic nitrogens is 3. The standard InChI is InChI=1S/C10H16N4O3S/c1-10(11-2,7(15)16)5-18-9-13-12-8(17)14(9)6-3-4-6/h6,11H,3-5H2,1-2H3,(H,12,17)(H,15,16). The summed E-state index contributed by atoms with van der Waals surface area (Å²) in [7, 11) is 1.60. The van der Waals surface area contributed by atoms with Crippen molar-refractivity contribution in [3.8, 4) is 0 Å². The van der Waals surface area contributed by atoms with E-state index >= 15 is 0 Å². The van der Waals surface area contributed by atoms with Crippen molar-refractivity contribution in [3.05, 3.63) is 10.5 Å². The first kappa shape index (κ1) is 13.2. The Morgan fingerprint density at radius 1 is 1.72 bits per heavy atom. The third-order valence-electron chi connectivity index (χ3n) is 3.10. The number of H-pyrrole nitrogens is 1. The molecule has 1 aromatic heterocycles. The Labute approximate surface area is 108 Å². The second kappa shape index (κ2) is 4.77. The molecule has 18 heavy (non-hydrogen) atoms. The van der Waals surface area contributed by atoms with Crippen LogP contribution in [0, 0.1) is 0 Å². The number of carbonyl (C=O) groups is 1. The zero-order chi connectivity index (χ0) is 13.3. The molecule has 3 N–H and O–H groups in total. The van der Waals surface area contributed by atoms with Gasteiger partial charge in [-0.3, -0.25) is 9.36 Å². The van der Waals surface area contributed by atoms with Crippen LogP contribution in [0.4, 0.5) is 0 Å². The number of nitrogens with one attached hydrogen (secondary N) is 2. The lowest BCUT2D eigenvalue weighted by molar-refractivity contribution is -0.142. The molecule has 7 nitrogen and oxygen atoms in total. The highest BCUT2D eigenvalue weighted by Gasteiger charge is 2.33. The second-order valence-electron chi connectivity index (χ2n) is 4.59. The molecular weight excluding hydrogens is 256 g/mol. The fraction of sp³-hybridized carbons (Fsp3) is 0.700. The lowest BCUT2D eigenvalue weighted by Crippen LogP contribution is -2.49. The highest BCUT2D eigenvalue weighted by atomic mass is 32.2. The Kier molecular flexibility index (Phi) is 3.49. The number of aromatic amines is 1. The molecule has 1 heterocycles. The smallest absolute Gasteiger partial charge is 0.344 e. The van der Waals surface area contributed by atoms with Gasteiger partial charge in [-0.2, -0.15) is 0 Å². The van der Waals surface area contributed by atoms with Crippen LogP contribution < -0.4 is 11.0 Å². The number of aliphatic carboxylic acids is 1. The Morgan fingerprint density at radius 3 is 2.89 bits per heavy atom. The number of carboxylic acids is 1. The van der Waals surface area contributed by atoms with E-state index in [4.69, 9.17) is 5.11 Å². The van der Waals surface area contributed by atoms with E-state index < -0.39 is 11.5 Å². The highest BCUT2D eigenvalue weighted by molar-refractivity contribution is 7.99. The molecule has 1 unspecified atom stereocenters. The molecule has 0 radical (unpaired) electrons. The largest absolute Gasteiger partial charge is 0.480 e. The molecule has 0 spiro atoms. The fourth-order valence-electron chi connectivity index (χ4n) is 1.50. The number of nitrogens with zero attached hydrogens (tertiary/aromatic N) is 2. The highest BCUT2D eigenvalue weighted by Crippen LogP contribution is 2.36. The molecule has 1 atom stereocenters. The van der Waals surface area contributed by atoms with Crippen LogP contribution in [0.3, 0.4) is 0 Å². The zero-order valence-corrected chi connectivity index (χ0v) is 11.1. The molecule has 100 valence electrons. The minimum atomic E-state index is -1.03. The number of likely N-dealkylation sites (N-methyl/N-ethyl adjacent to an activating group) is 1. The summed E-state index contributed by atoms with van der Waals surface area (Å²) in [6.45, 7) is 1.61. The van der Waals surface area contributed by atoms with E-state index in [-0.39, 0.29) is 11.7 Å². The zero-order valence-electron chi connectivity index (χ0n) is 10.3. The minimum absolute atomic E-state index is 0.221. The Hall–Kier alpha value is -1.28. The van der Waals surface area contributed by atoms with Gasteiger partial charge < -0.3 is 10.4 Å². The molecule has 2 rings (SSSR count). The molecule has 1 aromatic rings. The summed E-state index contributed by atoms with van der Waals surface area (Å²) in [5.74, 6) is -0.621. The normalized spacial score (nSPS) is 18.6. The van der Waals surface area contributed by atoms with E-state index in [2.05, 4.69) is 15.5 Å². The van der Waals surface area contributed by atoms with Gasteiger partial charge in [0.05, 0.1) is 0 Å². The topological polar surface area (TPSA) is 100 Å². The van der Waals surface area contributed by atoms with Gasteiger partial charge in [0.15, 0.2) is 5.16 Å². The summed E-state index contributed by atoms with van der Waals surface area (Å²) in [5.41, 5.74) is -1.25. The van der Waals surface area contributed by atoms with Crippen LogP contribution in [-0.2, 0) is 4.79 Å². The third kappa shape index (κ3) is 2.44. The number of carboxylic acid groups (broad SMARTS) is 1. The van der Waals surface area contributed by atoms with E-state index in [0.717, 1.165) is 12.8 Å². The van der Waals surface area contributed by atoms with E-state index in [1.807, 2.05) is 0 Å². The van der Waals surface area contributed by atoms with Crippen LogP contribution in [-0.4, -0.2) is 44.2 Å². The SMILES string of the molecule is CNC(C)(CSc1n[nH]c(=O)n1C1CC1)C(=O)O. The molecule has 1 saturated carbocycles. The molecule has 1 aliphatic rings. The van der Waals surface area contributed by atoms with Crippen LogP contribution in [0.2, 0.25) is 0 Å². The molecule has 0 saturated heterocycles. The molecule has 0 aromatic carbocycles. The van der Waals surface area contributed by atoms with Crippen LogP contribution in [0.1, 0.15) is 25.8 Å². The summed E-state index contributed by atoms with van der Waals surface area (Å²) in [6, 6.07) is 0.226. The maximum atomic E-state index is 11.5. The summed E-state index contributed by atoms with van der Waals surface area (Å²) in [5, 5.41) is 18.8. The van der Waals surface area contributed by atoms with E-state index in [9.17, 15) is 9.59 Å². The third-order valence-corrected chi connectivity index (χ3v) is 4.37. The summed E-state index contributed by atoms with van der Waals surface area (Å²) >= 11 is 1.27. The van der Waals surface area contributed by atoms with Crippen LogP contribution in [0.5, 0.6) is 0 Å². The predicted molar refractivity (Wildman–Crippen MR) is 66.9 cm³/mol. The Bertz CT molecular complexity index is 507. The fourth-order valence-corrected chi connectivity index (χ4v) is 2.66. The molecule has 0 amide bonds. The van der Waals surface area contributed by atoms with Crippen molar-refractivity contribution < 1.29 is 9.90 Å². The first-order chi connectivity index (χ1) is 8.48. The summed E-state index contributed by atoms with van der Waals surface area (Å²) < 4.78 is 1.61. The van der Waals surface area contributed by atoms with E-state index in [1.54, 1.807) is 18.5 Å². The molecule has 8 heteroatoms. The number of thioether (sulfide) groups is 1. The van der Waals surface area contributed by atoms with Gasteiger partial charge in [0.1, 0.15) is 5.54 Å². The van der Waals surface area contributed by atoms with Crippen molar-refractivity contribution in [3.63, 3.8) is 0 Å². The molecule has 0 bridgehead atoms.